The minimum absolute atomic E-state index is 0.177. The zero-order chi connectivity index (χ0) is 28.9. The van der Waals surface area contributed by atoms with Gasteiger partial charge < -0.3 is 19.1 Å². The number of esters is 1. The number of hydrogen-bond donors (Lipinski definition) is 3. The van der Waals surface area contributed by atoms with Crippen molar-refractivity contribution in [1.82, 2.24) is 14.6 Å². The topological polar surface area (TPSA) is 158 Å². The number of carbonyl (C=O) groups excluding carboxylic acids is 1. The van der Waals surface area contributed by atoms with E-state index in [0.29, 0.717) is 0 Å². The van der Waals surface area contributed by atoms with Crippen molar-refractivity contribution in [2.45, 2.75) is 38.4 Å². The van der Waals surface area contributed by atoms with Crippen molar-refractivity contribution in [3.63, 3.8) is 0 Å². The van der Waals surface area contributed by atoms with E-state index in [0.717, 1.165) is 16.2 Å². The number of benzene rings is 2. The van der Waals surface area contributed by atoms with E-state index in [1.807, 2.05) is 6.07 Å². The van der Waals surface area contributed by atoms with Gasteiger partial charge in [0.2, 0.25) is 0 Å². The molecule has 3 aromatic rings. The molecule has 1 unspecified atom stereocenters. The number of H-pyrrole nitrogens is 1. The summed E-state index contributed by atoms with van der Waals surface area (Å²) >= 11 is 0. The van der Waals surface area contributed by atoms with Crippen LogP contribution >= 0.6 is 7.75 Å². The van der Waals surface area contributed by atoms with Gasteiger partial charge in [0.15, 0.2) is 0 Å². The molecule has 1 fully saturated rings. The Morgan fingerprint density at radius 2 is 1.80 bits per heavy atom. The third-order valence-electron chi connectivity index (χ3n) is 6.26. The van der Waals surface area contributed by atoms with Gasteiger partial charge in [-0.3, -0.25) is 24.0 Å². The van der Waals surface area contributed by atoms with E-state index in [-0.39, 0.29) is 11.4 Å². The molecule has 6 atom stereocenters. The average Bonchev–Trinajstić information content (AvgIpc) is 3.21. The van der Waals surface area contributed by atoms with E-state index in [9.17, 15) is 24.1 Å². The van der Waals surface area contributed by atoms with E-state index in [1.54, 1.807) is 56.3 Å². The van der Waals surface area contributed by atoms with Gasteiger partial charge in [0.1, 0.15) is 29.9 Å². The van der Waals surface area contributed by atoms with Gasteiger partial charge >= 0.3 is 19.4 Å². The van der Waals surface area contributed by atoms with Gasteiger partial charge in [-0.1, -0.05) is 62.0 Å². The van der Waals surface area contributed by atoms with Gasteiger partial charge in [0.05, 0.1) is 12.7 Å². The van der Waals surface area contributed by atoms with Crippen molar-refractivity contribution in [2.24, 2.45) is 5.92 Å². The van der Waals surface area contributed by atoms with Crippen molar-refractivity contribution in [2.75, 3.05) is 6.61 Å². The first kappa shape index (κ1) is 29.0. The number of carbonyl (C=O) groups is 1. The van der Waals surface area contributed by atoms with Crippen molar-refractivity contribution >= 4 is 13.7 Å². The monoisotopic (exact) mass is 571 g/mol. The Labute approximate surface area is 229 Å². The van der Waals surface area contributed by atoms with Crippen LogP contribution in [0, 0.1) is 5.92 Å². The van der Waals surface area contributed by atoms with Crippen LogP contribution in [0.5, 0.6) is 5.75 Å². The van der Waals surface area contributed by atoms with Crippen LogP contribution in [0.25, 0.3) is 0 Å². The fourth-order valence-corrected chi connectivity index (χ4v) is 5.41. The summed E-state index contributed by atoms with van der Waals surface area (Å²) in [6, 6.07) is 18.3. The summed E-state index contributed by atoms with van der Waals surface area (Å²) in [5.74, 6) is -1.29. The molecule has 0 aliphatic carbocycles. The Morgan fingerprint density at radius 1 is 1.15 bits per heavy atom. The molecule has 1 saturated heterocycles. The Hall–Kier alpha value is -3.96. The van der Waals surface area contributed by atoms with Crippen molar-refractivity contribution in [1.29, 1.82) is 0 Å². The number of nitrogens with zero attached hydrogens (tertiary/aromatic N) is 1. The number of hydrogen-bond acceptors (Lipinski definition) is 9. The zero-order valence-corrected chi connectivity index (χ0v) is 22.7. The summed E-state index contributed by atoms with van der Waals surface area (Å²) in [4.78, 5) is 38.5. The molecule has 0 spiro atoms. The molecular formula is C27H30N3O9P. The highest BCUT2D eigenvalue weighted by Gasteiger charge is 2.44. The smallest absolute Gasteiger partial charge is 0.453 e. The van der Waals surface area contributed by atoms with Gasteiger partial charge in [0.25, 0.3) is 5.56 Å². The number of aliphatic hydroxyl groups excluding tert-OH is 1. The molecule has 1 aromatic heterocycles. The fraction of sp³-hybridized carbons (Fsp3) is 0.296. The van der Waals surface area contributed by atoms with Crippen molar-refractivity contribution < 1.29 is 33.0 Å². The molecule has 13 heteroatoms. The number of ether oxygens (including phenoxy) is 2. The highest BCUT2D eigenvalue weighted by Crippen LogP contribution is 2.46. The zero-order valence-electron chi connectivity index (χ0n) is 21.8. The number of nitrogens with one attached hydrogen (secondary N) is 2. The fourth-order valence-electron chi connectivity index (χ4n) is 4.08. The molecule has 2 heterocycles. The van der Waals surface area contributed by atoms with Gasteiger partial charge in [-0.2, -0.15) is 0 Å². The summed E-state index contributed by atoms with van der Waals surface area (Å²) in [6.45, 7) is 6.52. The molecule has 2 aromatic carbocycles. The molecule has 1 aliphatic heterocycles. The lowest BCUT2D eigenvalue weighted by Crippen LogP contribution is -2.33. The molecule has 4 rings (SSSR count). The first-order chi connectivity index (χ1) is 19.1. The number of aromatic nitrogens is 2. The van der Waals surface area contributed by atoms with Gasteiger partial charge in [0, 0.05) is 18.2 Å². The maximum absolute atomic E-state index is 13.8. The van der Waals surface area contributed by atoms with Crippen molar-refractivity contribution in [3.8, 4) is 5.75 Å². The molecule has 0 radical (unpaired) electrons. The first-order valence-corrected chi connectivity index (χ1v) is 14.0. The first-order valence-electron chi connectivity index (χ1n) is 12.4. The summed E-state index contributed by atoms with van der Waals surface area (Å²) in [6.07, 6.45) is -2.45. The molecule has 212 valence electrons. The lowest BCUT2D eigenvalue weighted by Gasteiger charge is -2.24. The maximum Gasteiger partial charge on any atom is 0.486 e. The summed E-state index contributed by atoms with van der Waals surface area (Å²) in [5.41, 5.74) is -0.908. The van der Waals surface area contributed by atoms with E-state index in [4.69, 9.17) is 18.5 Å². The van der Waals surface area contributed by atoms with Gasteiger partial charge in [-0.25, -0.2) is 14.2 Å². The predicted octanol–water partition coefficient (Wildman–Crippen LogP) is 3.04. The lowest BCUT2D eigenvalue weighted by atomic mass is 10.0. The van der Waals surface area contributed by atoms with E-state index >= 15 is 0 Å². The van der Waals surface area contributed by atoms with E-state index in [2.05, 4.69) is 16.7 Å². The third kappa shape index (κ3) is 6.97. The van der Waals surface area contributed by atoms with Crippen LogP contribution in [0.2, 0.25) is 0 Å². The molecular weight excluding hydrogens is 541 g/mol. The maximum atomic E-state index is 13.8. The van der Waals surface area contributed by atoms with Crippen LogP contribution in [0.4, 0.5) is 0 Å². The summed E-state index contributed by atoms with van der Waals surface area (Å²) in [7, 11) is -4.33. The normalized spacial score (nSPS) is 22.6. The molecule has 3 N–H and O–H groups in total. The average molecular weight is 572 g/mol. The Morgan fingerprint density at radius 3 is 2.45 bits per heavy atom. The predicted molar refractivity (Wildman–Crippen MR) is 144 cm³/mol. The molecule has 1 aliphatic rings. The number of aromatic amines is 1. The molecule has 0 amide bonds. The second kappa shape index (κ2) is 12.5. The summed E-state index contributed by atoms with van der Waals surface area (Å²) < 4.78 is 37.4. The van der Waals surface area contributed by atoms with Crippen molar-refractivity contribution in [3.05, 3.63) is 112 Å². The van der Waals surface area contributed by atoms with E-state index < -0.39 is 62.0 Å². The number of aliphatic hydroxyl groups is 1. The van der Waals surface area contributed by atoms with Crippen LogP contribution < -0.4 is 20.9 Å². The molecule has 0 bridgehead atoms. The second-order valence-electron chi connectivity index (χ2n) is 9.18. The minimum atomic E-state index is -4.33. The highest BCUT2D eigenvalue weighted by atomic mass is 31.2. The van der Waals surface area contributed by atoms with Gasteiger partial charge in [-0.05, 0) is 24.6 Å². The quantitative estimate of drug-likeness (QED) is 0.177. The SMILES string of the molecule is C=C(NP(=O)(OC[C@H]1O[C@@H](n2ccc(=O)[nH]c2=O)[C@@H](C)[C@@H]1O)Oc1ccccc1)C(=O)O[C@@H](C)c1ccccc1. The van der Waals surface area contributed by atoms with Crippen LogP contribution in [0.1, 0.15) is 31.7 Å². The van der Waals surface area contributed by atoms with Crippen LogP contribution in [0.3, 0.4) is 0 Å². The number of para-hydroxylation sites is 1. The Balaban J connectivity index is 1.47. The lowest BCUT2D eigenvalue weighted by molar-refractivity contribution is -0.144. The summed E-state index contributed by atoms with van der Waals surface area (Å²) in [5, 5.41) is 13.2. The Bertz CT molecular complexity index is 1490. The van der Waals surface area contributed by atoms with E-state index in [1.165, 1.54) is 18.3 Å². The second-order valence-corrected chi connectivity index (χ2v) is 10.8. The number of rotatable bonds is 11. The highest BCUT2D eigenvalue weighted by molar-refractivity contribution is 7.52. The van der Waals surface area contributed by atoms with Gasteiger partial charge in [-0.15, -0.1) is 0 Å². The van der Waals surface area contributed by atoms with Crippen LogP contribution in [0.15, 0.2) is 94.8 Å². The minimum Gasteiger partial charge on any atom is -0.453 e. The molecule has 40 heavy (non-hydrogen) atoms. The molecule has 12 nitrogen and oxygen atoms in total. The van der Waals surface area contributed by atoms with Crippen LogP contribution in [-0.4, -0.2) is 39.4 Å². The largest absolute Gasteiger partial charge is 0.486 e. The Kier molecular flexibility index (Phi) is 9.06. The third-order valence-corrected chi connectivity index (χ3v) is 7.74. The standard InChI is InChI=1S/C27H30N3O9P/c1-17-24(32)22(38-25(17)30-15-14-23(31)28-27(30)34)16-36-40(35,39-21-12-8-5-9-13-21)29-18(2)26(33)37-19(3)20-10-6-4-7-11-20/h4-15,17,19,22,24-25,32H,2,16H2,1,3H3,(H,29,35)(H,28,31,34)/t17-,19-,22+,24-,25+,40?/m0/s1. The van der Waals surface area contributed by atoms with Crippen LogP contribution in [-0.2, 0) is 23.4 Å². The molecule has 0 saturated carbocycles.